The topological polar surface area (TPSA) is 21.6 Å². The Morgan fingerprint density at radius 3 is 1.92 bits per heavy atom. The van der Waals surface area contributed by atoms with Gasteiger partial charge in [0.25, 0.3) is 0 Å². The molecule has 2 atom stereocenters. The summed E-state index contributed by atoms with van der Waals surface area (Å²) in [7, 11) is 0. The largest absolute Gasteiger partial charge is 0.320 e. The van der Waals surface area contributed by atoms with E-state index in [0.717, 1.165) is 31.3 Å². The third-order valence-corrected chi connectivity index (χ3v) is 5.63. The van der Waals surface area contributed by atoms with Crippen LogP contribution in [0.2, 0.25) is 0 Å². The summed E-state index contributed by atoms with van der Waals surface area (Å²) in [6, 6.07) is 26.2. The van der Waals surface area contributed by atoms with Gasteiger partial charge in [-0.05, 0) is 41.0 Å². The first kappa shape index (κ1) is 17.9. The van der Waals surface area contributed by atoms with Crippen molar-refractivity contribution in [2.24, 2.45) is 4.99 Å². The highest BCUT2D eigenvalue weighted by atomic mass is 79.9. The molecule has 0 N–H and O–H groups in total. The number of halogens is 3. The molecule has 4 rings (SSSR count). The molecule has 0 fully saturated rings. The van der Waals surface area contributed by atoms with Gasteiger partial charge in [0, 0.05) is 8.95 Å². The third-order valence-electron chi connectivity index (χ3n) is 4.39. The third kappa shape index (κ3) is 3.16. The van der Waals surface area contributed by atoms with Crippen LogP contribution in [0.1, 0.15) is 16.7 Å². The SMILES string of the molecule is ClC1N=C(c2ccc(Br)cc2)C(c2ccccc2)(c2ccc(Br)cc2)O1. The molecule has 0 aliphatic carbocycles. The van der Waals surface area contributed by atoms with Crippen LogP contribution in [-0.4, -0.2) is 11.4 Å². The Hall–Kier alpha value is -1.46. The van der Waals surface area contributed by atoms with Gasteiger partial charge in [-0.15, -0.1) is 0 Å². The van der Waals surface area contributed by atoms with Crippen molar-refractivity contribution in [3.63, 3.8) is 0 Å². The van der Waals surface area contributed by atoms with E-state index in [9.17, 15) is 0 Å². The molecule has 0 radical (unpaired) electrons. The number of ether oxygens (including phenoxy) is 1. The normalized spacial score (nSPS) is 22.3. The van der Waals surface area contributed by atoms with Crippen LogP contribution in [0.25, 0.3) is 0 Å². The van der Waals surface area contributed by atoms with Crippen molar-refractivity contribution in [1.29, 1.82) is 0 Å². The molecule has 0 spiro atoms. The van der Waals surface area contributed by atoms with E-state index in [4.69, 9.17) is 16.3 Å². The van der Waals surface area contributed by atoms with E-state index in [1.54, 1.807) is 0 Å². The Labute approximate surface area is 174 Å². The molecule has 0 saturated heterocycles. The van der Waals surface area contributed by atoms with Crippen LogP contribution in [0, 0.1) is 0 Å². The molecule has 26 heavy (non-hydrogen) atoms. The van der Waals surface area contributed by atoms with E-state index >= 15 is 0 Å². The number of hydrogen-bond acceptors (Lipinski definition) is 2. The number of benzene rings is 3. The quantitative estimate of drug-likeness (QED) is 0.303. The molecule has 0 saturated carbocycles. The minimum absolute atomic E-state index is 0.752. The van der Waals surface area contributed by atoms with Crippen molar-refractivity contribution in [3.8, 4) is 0 Å². The summed E-state index contributed by atoms with van der Waals surface area (Å²) in [6.45, 7) is 0. The average Bonchev–Trinajstić information content (AvgIpc) is 3.02. The zero-order valence-electron chi connectivity index (χ0n) is 13.6. The van der Waals surface area contributed by atoms with Crippen LogP contribution in [-0.2, 0) is 10.3 Å². The second kappa shape index (κ2) is 7.28. The van der Waals surface area contributed by atoms with Gasteiger partial charge in [0.15, 0.2) is 5.60 Å². The lowest BCUT2D eigenvalue weighted by Gasteiger charge is -2.32. The molecule has 5 heteroatoms. The van der Waals surface area contributed by atoms with Crippen LogP contribution in [0.15, 0.2) is 92.8 Å². The highest BCUT2D eigenvalue weighted by Gasteiger charge is 2.47. The molecule has 1 heterocycles. The van der Waals surface area contributed by atoms with Crippen LogP contribution in [0.3, 0.4) is 0 Å². The molecule has 0 bridgehead atoms. The summed E-state index contributed by atoms with van der Waals surface area (Å²) in [5.41, 5.74) is 2.14. The number of alkyl halides is 1. The van der Waals surface area contributed by atoms with Crippen molar-refractivity contribution in [2.45, 2.75) is 11.3 Å². The van der Waals surface area contributed by atoms with Crippen LogP contribution < -0.4 is 0 Å². The standard InChI is InChI=1S/C21H14Br2ClNO/c22-17-10-6-14(7-11-17)19-21(26-20(24)25-19,15-4-2-1-3-5-15)16-8-12-18(23)13-9-16/h1-13,20H. The zero-order valence-corrected chi connectivity index (χ0v) is 17.5. The summed E-state index contributed by atoms with van der Waals surface area (Å²) < 4.78 is 8.31. The monoisotopic (exact) mass is 489 g/mol. The molecule has 1 aliphatic heterocycles. The van der Waals surface area contributed by atoms with Gasteiger partial charge in [0.1, 0.15) is 0 Å². The van der Waals surface area contributed by atoms with Gasteiger partial charge >= 0.3 is 0 Å². The fraction of sp³-hybridized carbons (Fsp3) is 0.0952. The van der Waals surface area contributed by atoms with Crippen molar-refractivity contribution in [2.75, 3.05) is 0 Å². The van der Waals surface area contributed by atoms with E-state index in [-0.39, 0.29) is 0 Å². The predicted molar refractivity (Wildman–Crippen MR) is 113 cm³/mol. The Bertz CT molecular complexity index is 942. The van der Waals surface area contributed by atoms with Crippen LogP contribution >= 0.6 is 43.5 Å². The fourth-order valence-electron chi connectivity index (χ4n) is 3.24. The fourth-order valence-corrected chi connectivity index (χ4v) is 4.00. The van der Waals surface area contributed by atoms with E-state index in [2.05, 4.69) is 36.9 Å². The first-order chi connectivity index (χ1) is 12.6. The van der Waals surface area contributed by atoms with E-state index in [0.29, 0.717) is 0 Å². The maximum atomic E-state index is 6.38. The first-order valence-corrected chi connectivity index (χ1v) is 10.1. The number of rotatable bonds is 3. The van der Waals surface area contributed by atoms with E-state index in [1.807, 2.05) is 78.9 Å². The summed E-state index contributed by atoms with van der Waals surface area (Å²) in [4.78, 5) is 4.65. The van der Waals surface area contributed by atoms with Gasteiger partial charge in [-0.2, -0.15) is 0 Å². The van der Waals surface area contributed by atoms with Gasteiger partial charge in [0.05, 0.1) is 5.71 Å². The van der Waals surface area contributed by atoms with E-state index in [1.165, 1.54) is 0 Å². The molecule has 130 valence electrons. The second-order valence-electron chi connectivity index (χ2n) is 5.95. The molecular weight excluding hydrogens is 477 g/mol. The van der Waals surface area contributed by atoms with Crippen molar-refractivity contribution < 1.29 is 4.74 Å². The molecule has 1 aliphatic rings. The zero-order chi connectivity index (χ0) is 18.1. The minimum Gasteiger partial charge on any atom is -0.320 e. The number of hydrogen-bond donors (Lipinski definition) is 0. The van der Waals surface area contributed by atoms with Crippen LogP contribution in [0.4, 0.5) is 0 Å². The highest BCUT2D eigenvalue weighted by Crippen LogP contribution is 2.44. The van der Waals surface area contributed by atoms with Crippen molar-refractivity contribution in [1.82, 2.24) is 0 Å². The summed E-state index contributed by atoms with van der Waals surface area (Å²) in [5.74, 6) is 0. The lowest BCUT2D eigenvalue weighted by molar-refractivity contribution is 0.0387. The predicted octanol–water partition coefficient (Wildman–Crippen LogP) is 6.50. The molecule has 2 nitrogen and oxygen atoms in total. The number of aliphatic imine (C=N–C) groups is 1. The maximum Gasteiger partial charge on any atom is 0.227 e. The first-order valence-electron chi connectivity index (χ1n) is 8.07. The second-order valence-corrected chi connectivity index (χ2v) is 8.15. The molecule has 3 aromatic carbocycles. The smallest absolute Gasteiger partial charge is 0.227 e. The van der Waals surface area contributed by atoms with Crippen molar-refractivity contribution in [3.05, 3.63) is 104 Å². The van der Waals surface area contributed by atoms with Crippen molar-refractivity contribution >= 4 is 49.2 Å². The van der Waals surface area contributed by atoms with Gasteiger partial charge in [-0.1, -0.05) is 98.1 Å². The molecule has 3 aromatic rings. The molecule has 0 aromatic heterocycles. The van der Waals surface area contributed by atoms with E-state index < -0.39 is 11.3 Å². The molecular formula is C21H14Br2ClNO. The number of nitrogens with zero attached hydrogens (tertiary/aromatic N) is 1. The molecule has 0 amide bonds. The molecule has 2 unspecified atom stereocenters. The van der Waals surface area contributed by atoms with Gasteiger partial charge in [0.2, 0.25) is 5.69 Å². The van der Waals surface area contributed by atoms with Gasteiger partial charge < -0.3 is 4.74 Å². The van der Waals surface area contributed by atoms with Crippen LogP contribution in [0.5, 0.6) is 0 Å². The summed E-state index contributed by atoms with van der Waals surface area (Å²) in [5, 5.41) is 0. The highest BCUT2D eigenvalue weighted by molar-refractivity contribution is 9.10. The Morgan fingerprint density at radius 2 is 1.31 bits per heavy atom. The van der Waals surface area contributed by atoms with Gasteiger partial charge in [-0.3, -0.25) is 0 Å². The maximum absolute atomic E-state index is 6.38. The summed E-state index contributed by atoms with van der Waals surface area (Å²) in [6.07, 6.45) is 0. The minimum atomic E-state index is -0.859. The Morgan fingerprint density at radius 1 is 0.769 bits per heavy atom. The average molecular weight is 492 g/mol. The Kier molecular flexibility index (Phi) is 5.02. The summed E-state index contributed by atoms with van der Waals surface area (Å²) >= 11 is 13.4. The lowest BCUT2D eigenvalue weighted by atomic mass is 9.79. The van der Waals surface area contributed by atoms with Gasteiger partial charge in [-0.25, -0.2) is 4.99 Å². The Balaban J connectivity index is 1.96. The lowest BCUT2D eigenvalue weighted by Crippen LogP contribution is -2.37.